The molecule has 2 aliphatic heterocycles. The summed E-state index contributed by atoms with van der Waals surface area (Å²) in [7, 11) is 2.68. The fourth-order valence-corrected chi connectivity index (χ4v) is 7.30. The zero-order valence-electron chi connectivity index (χ0n) is 23.8. The smallest absolute Gasteiger partial charge is 0.412 e. The van der Waals surface area contributed by atoms with Crippen LogP contribution in [0.2, 0.25) is 0 Å². The zero-order chi connectivity index (χ0) is 30.8. The van der Waals surface area contributed by atoms with Crippen molar-refractivity contribution in [1.82, 2.24) is 15.0 Å². The Morgan fingerprint density at radius 3 is 2.67 bits per heavy atom. The normalized spacial score (nSPS) is 18.5. The van der Waals surface area contributed by atoms with E-state index in [1.54, 1.807) is 38.8 Å². The van der Waals surface area contributed by atoms with Gasteiger partial charge in [0.2, 0.25) is 12.4 Å². The molecular formula is C29H28F3N6O3PS. The van der Waals surface area contributed by atoms with Crippen LogP contribution in [0.4, 0.5) is 28.9 Å². The summed E-state index contributed by atoms with van der Waals surface area (Å²) in [5.74, 6) is -1.30. The number of anilines is 2. The number of hydrogen-bond donors (Lipinski definition) is 1. The topological polar surface area (TPSA) is 113 Å². The first-order chi connectivity index (χ1) is 20.4. The van der Waals surface area contributed by atoms with E-state index < -0.39 is 29.9 Å². The number of hydrogen-bond acceptors (Lipinski definition) is 9. The van der Waals surface area contributed by atoms with Gasteiger partial charge in [-0.2, -0.15) is 5.26 Å². The van der Waals surface area contributed by atoms with Crippen molar-refractivity contribution < 1.29 is 27.4 Å². The second kappa shape index (κ2) is 10.8. The summed E-state index contributed by atoms with van der Waals surface area (Å²) in [6.45, 7) is 8.01. The molecular weight excluding hydrogens is 600 g/mol. The lowest BCUT2D eigenvalue weighted by Gasteiger charge is -2.19. The van der Waals surface area contributed by atoms with Crippen LogP contribution in [-0.2, 0) is 22.7 Å². The fraction of sp³-hybridized carbons (Fsp3) is 0.414. The van der Waals surface area contributed by atoms with Gasteiger partial charge in [0, 0.05) is 46.8 Å². The van der Waals surface area contributed by atoms with Gasteiger partial charge in [-0.25, -0.2) is 27.9 Å². The minimum atomic E-state index is -2.44. The standard InChI is InChI=1S/C29H28F3N6O3PS/c1-12-8-38(9-15(12)25(31)32)27-35-6-14-16-10-40-11-17(16)19(23(42)21(14)36-27)22-20-13(5-33)26(37-28(39)41-29(2,3)4)43-24(20)18(30)7-34-22/h6-7,12,15,25H,8-11,42H2,1-4H3,(H,37,39). The number of rotatable bonds is 4. The Hall–Kier alpha value is -3.59. The molecule has 3 unspecified atom stereocenters. The molecule has 6 rings (SSSR count). The average molecular weight is 629 g/mol. The third-order valence-electron chi connectivity index (χ3n) is 7.69. The number of nitrogens with one attached hydrogen (secondary N) is 1. The quantitative estimate of drug-likeness (QED) is 0.269. The molecule has 3 atom stereocenters. The Morgan fingerprint density at radius 1 is 1.26 bits per heavy atom. The second-order valence-electron chi connectivity index (χ2n) is 11.8. The van der Waals surface area contributed by atoms with Gasteiger partial charge < -0.3 is 14.4 Å². The van der Waals surface area contributed by atoms with Crippen LogP contribution >= 0.6 is 20.6 Å². The van der Waals surface area contributed by atoms with Crippen LogP contribution in [-0.4, -0.2) is 46.2 Å². The molecule has 0 radical (unpaired) electrons. The number of fused-ring (bicyclic) bond motifs is 4. The number of nitriles is 1. The molecule has 0 bridgehead atoms. The van der Waals surface area contributed by atoms with Crippen molar-refractivity contribution in [3.63, 3.8) is 0 Å². The van der Waals surface area contributed by atoms with E-state index in [2.05, 4.69) is 30.6 Å². The van der Waals surface area contributed by atoms with E-state index >= 15 is 4.39 Å². The minimum absolute atomic E-state index is 0.0532. The number of nitrogens with zero attached hydrogens (tertiary/aromatic N) is 5. The lowest BCUT2D eigenvalue weighted by atomic mass is 9.94. The van der Waals surface area contributed by atoms with Gasteiger partial charge in [0.25, 0.3) is 0 Å². The summed E-state index contributed by atoms with van der Waals surface area (Å²) in [4.78, 5) is 28.1. The van der Waals surface area contributed by atoms with Crippen LogP contribution in [0, 0.1) is 29.0 Å². The lowest BCUT2D eigenvalue weighted by molar-refractivity contribution is 0.0635. The lowest BCUT2D eigenvalue weighted by Crippen LogP contribution is -2.27. The summed E-state index contributed by atoms with van der Waals surface area (Å²) in [6.07, 6.45) is -0.437. The van der Waals surface area contributed by atoms with Gasteiger partial charge in [-0.1, -0.05) is 6.92 Å². The van der Waals surface area contributed by atoms with Gasteiger partial charge in [0.1, 0.15) is 16.7 Å². The van der Waals surface area contributed by atoms with Crippen LogP contribution in [0.25, 0.3) is 32.2 Å². The van der Waals surface area contributed by atoms with Crippen LogP contribution in [0.1, 0.15) is 44.4 Å². The number of benzene rings is 1. The number of thiophene rings is 1. The Labute approximate surface area is 251 Å². The van der Waals surface area contributed by atoms with E-state index in [0.29, 0.717) is 34.6 Å². The van der Waals surface area contributed by atoms with Crippen molar-refractivity contribution >= 4 is 63.9 Å². The molecule has 2 aliphatic rings. The number of halogens is 3. The molecule has 0 aliphatic carbocycles. The summed E-state index contributed by atoms with van der Waals surface area (Å²) in [5, 5.41) is 14.5. The molecule has 4 aromatic rings. The highest BCUT2D eigenvalue weighted by Crippen LogP contribution is 2.44. The Bertz CT molecular complexity index is 1840. The monoisotopic (exact) mass is 628 g/mol. The number of pyridine rings is 1. The van der Waals surface area contributed by atoms with E-state index in [9.17, 15) is 18.8 Å². The molecule has 43 heavy (non-hydrogen) atoms. The van der Waals surface area contributed by atoms with Gasteiger partial charge in [0.15, 0.2) is 5.82 Å². The largest absolute Gasteiger partial charge is 0.444 e. The predicted octanol–water partition coefficient (Wildman–Crippen LogP) is 6.13. The van der Waals surface area contributed by atoms with E-state index in [1.165, 1.54) is 0 Å². The number of carbonyl (C=O) groups is 1. The fourth-order valence-electron chi connectivity index (χ4n) is 5.73. The van der Waals surface area contributed by atoms with E-state index in [1.807, 2.05) is 0 Å². The molecule has 1 amide bonds. The Morgan fingerprint density at radius 2 is 2.00 bits per heavy atom. The van der Waals surface area contributed by atoms with Crippen LogP contribution in [0.5, 0.6) is 0 Å². The number of alkyl halides is 2. The van der Waals surface area contributed by atoms with Gasteiger partial charge in [-0.05, 0) is 37.8 Å². The molecule has 1 N–H and O–H groups in total. The molecule has 3 aromatic heterocycles. The van der Waals surface area contributed by atoms with Gasteiger partial charge in [0.05, 0.1) is 40.9 Å². The third kappa shape index (κ3) is 5.15. The first kappa shape index (κ1) is 29.5. The molecule has 9 nitrogen and oxygen atoms in total. The van der Waals surface area contributed by atoms with Gasteiger partial charge in [-0.15, -0.1) is 20.6 Å². The maximum Gasteiger partial charge on any atom is 0.412 e. The van der Waals surface area contributed by atoms with E-state index in [0.717, 1.165) is 34.0 Å². The summed E-state index contributed by atoms with van der Waals surface area (Å²) in [5.41, 5.74) is 2.42. The highest BCUT2D eigenvalue weighted by Gasteiger charge is 2.37. The first-order valence-corrected chi connectivity index (χ1v) is 15.0. The third-order valence-corrected chi connectivity index (χ3v) is 9.37. The van der Waals surface area contributed by atoms with Crippen molar-refractivity contribution in [3.05, 3.63) is 34.9 Å². The number of amides is 1. The van der Waals surface area contributed by atoms with Crippen LogP contribution in [0.15, 0.2) is 12.4 Å². The number of aromatic nitrogens is 3. The second-order valence-corrected chi connectivity index (χ2v) is 13.4. The van der Waals surface area contributed by atoms with Crippen molar-refractivity contribution in [2.24, 2.45) is 11.8 Å². The molecule has 14 heteroatoms. The summed E-state index contributed by atoms with van der Waals surface area (Å²) < 4.78 is 53.7. The summed E-state index contributed by atoms with van der Waals surface area (Å²) >= 11 is 0.922. The van der Waals surface area contributed by atoms with E-state index in [4.69, 9.17) is 14.5 Å². The van der Waals surface area contributed by atoms with E-state index in [-0.39, 0.29) is 46.3 Å². The molecule has 0 saturated carbocycles. The SMILES string of the molecule is CC1CN(c2ncc3c4c(c(-c5ncc(F)c6sc(NC(=O)OC(C)(C)C)c(C#N)c56)c(P)c3n2)COC4)CC1C(F)F. The van der Waals surface area contributed by atoms with Crippen molar-refractivity contribution in [2.45, 2.75) is 52.9 Å². The molecule has 5 heterocycles. The highest BCUT2D eigenvalue weighted by atomic mass is 32.1. The number of carbonyl (C=O) groups excluding carboxylic acids is 1. The zero-order valence-corrected chi connectivity index (χ0v) is 25.8. The van der Waals surface area contributed by atoms with Gasteiger partial charge >= 0.3 is 6.09 Å². The molecule has 1 fully saturated rings. The van der Waals surface area contributed by atoms with Crippen LogP contribution < -0.4 is 15.5 Å². The summed E-state index contributed by atoms with van der Waals surface area (Å²) in [6, 6.07) is 2.11. The predicted molar refractivity (Wildman–Crippen MR) is 161 cm³/mol. The molecule has 224 valence electrons. The molecule has 0 spiro atoms. The Kier molecular flexibility index (Phi) is 7.43. The maximum absolute atomic E-state index is 15.2. The van der Waals surface area contributed by atoms with Gasteiger partial charge in [-0.3, -0.25) is 10.3 Å². The average Bonchev–Trinajstić information content (AvgIpc) is 3.66. The highest BCUT2D eigenvalue weighted by molar-refractivity contribution is 7.29. The molecule has 1 aromatic carbocycles. The van der Waals surface area contributed by atoms with Crippen molar-refractivity contribution in [2.75, 3.05) is 23.3 Å². The minimum Gasteiger partial charge on any atom is -0.444 e. The van der Waals surface area contributed by atoms with Crippen molar-refractivity contribution in [1.29, 1.82) is 5.26 Å². The van der Waals surface area contributed by atoms with Crippen LogP contribution in [0.3, 0.4) is 0 Å². The molecule has 1 saturated heterocycles. The number of ether oxygens (including phenoxy) is 2. The first-order valence-electron chi connectivity index (χ1n) is 13.6. The Balaban J connectivity index is 1.53. The van der Waals surface area contributed by atoms with Crippen molar-refractivity contribution in [3.8, 4) is 17.3 Å². The maximum atomic E-state index is 15.2.